The Labute approximate surface area is 347 Å². The average Bonchev–Trinajstić information content (AvgIpc) is 3.56. The highest BCUT2D eigenvalue weighted by Crippen LogP contribution is 2.69. The highest BCUT2D eigenvalue weighted by molar-refractivity contribution is 5.15. The van der Waals surface area contributed by atoms with E-state index in [-0.39, 0.29) is 5.41 Å². The van der Waals surface area contributed by atoms with Crippen LogP contribution in [-0.2, 0) is 14.2 Å². The standard InChI is InChI=1S/C49H96N4O3/c1-5-6-7-8-9-10-11-12-13-14-15-16-17-18-31-53-32-19-23-39(2)42-24-25-43-47-44(38-46(49(42,43)4)56-35-22-30-52)48(3)27-26-41(54-33-20-28-50)36-40(48)37-45(47)55-34-21-29-51/h39-47,53H,5-38,50-52H2,1-4H3/t39-,40+,41-,42?,43+,44+,45-,46+,47+,48+,49-/m1/s1. The summed E-state index contributed by atoms with van der Waals surface area (Å²) in [6.07, 6.45) is 35.0. The second-order valence-corrected chi connectivity index (χ2v) is 19.9. The van der Waals surface area contributed by atoms with Crippen LogP contribution in [0.25, 0.3) is 0 Å². The van der Waals surface area contributed by atoms with Crippen LogP contribution >= 0.6 is 0 Å². The quantitative estimate of drug-likeness (QED) is 0.0501. The monoisotopic (exact) mass is 789 g/mol. The molecule has 0 saturated heterocycles. The zero-order chi connectivity index (χ0) is 40.1. The van der Waals surface area contributed by atoms with Crippen LogP contribution in [0.2, 0.25) is 0 Å². The molecule has 0 spiro atoms. The molecule has 4 aliphatic rings. The Morgan fingerprint density at radius 1 is 0.607 bits per heavy atom. The van der Waals surface area contributed by atoms with Crippen LogP contribution in [0.3, 0.4) is 0 Å². The molecule has 0 bridgehead atoms. The summed E-state index contributed by atoms with van der Waals surface area (Å²) >= 11 is 0. The zero-order valence-corrected chi connectivity index (χ0v) is 37.7. The van der Waals surface area contributed by atoms with E-state index in [1.165, 1.54) is 148 Å². The lowest BCUT2D eigenvalue weighted by Gasteiger charge is -2.65. The molecular formula is C49H96N4O3. The lowest BCUT2D eigenvalue weighted by Crippen LogP contribution is -2.63. The van der Waals surface area contributed by atoms with Crippen molar-refractivity contribution in [1.29, 1.82) is 0 Å². The molecule has 4 fully saturated rings. The summed E-state index contributed by atoms with van der Waals surface area (Å²) in [7, 11) is 0. The van der Waals surface area contributed by atoms with Crippen molar-refractivity contribution in [1.82, 2.24) is 5.32 Å². The molecule has 0 heterocycles. The van der Waals surface area contributed by atoms with Crippen LogP contribution in [0.4, 0.5) is 0 Å². The first-order valence-electron chi connectivity index (χ1n) is 25.0. The van der Waals surface area contributed by atoms with Gasteiger partial charge in [-0.25, -0.2) is 0 Å². The third-order valence-electron chi connectivity index (χ3n) is 16.2. The Kier molecular flexibility index (Phi) is 23.2. The number of rotatable bonds is 32. The van der Waals surface area contributed by atoms with E-state index >= 15 is 0 Å². The number of hydrogen-bond donors (Lipinski definition) is 4. The second kappa shape index (κ2) is 26.8. The van der Waals surface area contributed by atoms with Crippen molar-refractivity contribution in [2.75, 3.05) is 52.5 Å². The molecule has 330 valence electrons. The minimum absolute atomic E-state index is 0.179. The maximum atomic E-state index is 7.07. The number of unbranched alkanes of at least 4 members (excludes halogenated alkanes) is 13. The van der Waals surface area contributed by atoms with Crippen LogP contribution in [-0.4, -0.2) is 70.9 Å². The minimum atomic E-state index is 0.179. The van der Waals surface area contributed by atoms with E-state index < -0.39 is 0 Å². The van der Waals surface area contributed by atoms with E-state index in [9.17, 15) is 0 Å². The molecule has 11 atom stereocenters. The molecule has 0 aromatic carbocycles. The maximum Gasteiger partial charge on any atom is 0.0637 e. The summed E-state index contributed by atoms with van der Waals surface area (Å²) in [5.74, 6) is 3.91. The van der Waals surface area contributed by atoms with E-state index in [1.54, 1.807) is 0 Å². The Balaban J connectivity index is 1.26. The fraction of sp³-hybridized carbons (Fsp3) is 1.00. The molecule has 0 radical (unpaired) electrons. The molecule has 0 aromatic rings. The number of hydrogen-bond acceptors (Lipinski definition) is 7. The third-order valence-corrected chi connectivity index (χ3v) is 16.2. The van der Waals surface area contributed by atoms with Gasteiger partial charge in [-0.1, -0.05) is 111 Å². The molecule has 7 heteroatoms. The van der Waals surface area contributed by atoms with Gasteiger partial charge in [0.2, 0.25) is 0 Å². The van der Waals surface area contributed by atoms with Crippen molar-refractivity contribution in [2.45, 2.75) is 213 Å². The van der Waals surface area contributed by atoms with Gasteiger partial charge in [0.25, 0.3) is 0 Å². The Hall–Kier alpha value is -0.280. The topological polar surface area (TPSA) is 118 Å². The Morgan fingerprint density at radius 3 is 1.80 bits per heavy atom. The molecule has 4 rings (SSSR count). The average molecular weight is 789 g/mol. The molecule has 4 saturated carbocycles. The molecule has 7 nitrogen and oxygen atoms in total. The SMILES string of the molecule is CCCCCCCCCCCCCCCCNCCC[C@@H](C)C1CC[C@H]2[C@@H]3[C@H](OCCCN)C[C@@H]4C[C@H](OCCCN)CC[C@]4(C)[C@H]3C[C@H](OCCCN)[C@]12C. The van der Waals surface area contributed by atoms with Crippen LogP contribution in [0.1, 0.15) is 195 Å². The van der Waals surface area contributed by atoms with Crippen molar-refractivity contribution < 1.29 is 14.2 Å². The molecule has 56 heavy (non-hydrogen) atoms. The second-order valence-electron chi connectivity index (χ2n) is 19.9. The van der Waals surface area contributed by atoms with Gasteiger partial charge in [-0.05, 0) is 157 Å². The minimum Gasteiger partial charge on any atom is -0.378 e. The molecule has 0 aliphatic heterocycles. The lowest BCUT2D eigenvalue weighted by atomic mass is 9.43. The highest BCUT2D eigenvalue weighted by atomic mass is 16.5. The van der Waals surface area contributed by atoms with Gasteiger partial charge in [-0.15, -0.1) is 0 Å². The van der Waals surface area contributed by atoms with E-state index in [1.807, 2.05) is 0 Å². The van der Waals surface area contributed by atoms with E-state index in [0.29, 0.717) is 78.9 Å². The Morgan fingerprint density at radius 2 is 1.18 bits per heavy atom. The normalized spacial score (nSPS) is 33.3. The van der Waals surface area contributed by atoms with Gasteiger partial charge in [0.05, 0.1) is 18.3 Å². The van der Waals surface area contributed by atoms with Gasteiger partial charge < -0.3 is 36.7 Å². The van der Waals surface area contributed by atoms with Crippen LogP contribution < -0.4 is 22.5 Å². The fourth-order valence-corrected chi connectivity index (χ4v) is 12.9. The fourth-order valence-electron chi connectivity index (χ4n) is 12.9. The largest absolute Gasteiger partial charge is 0.378 e. The molecule has 7 N–H and O–H groups in total. The van der Waals surface area contributed by atoms with Gasteiger partial charge in [-0.3, -0.25) is 0 Å². The lowest BCUT2D eigenvalue weighted by molar-refractivity contribution is -0.227. The summed E-state index contributed by atoms with van der Waals surface area (Å²) in [5, 5.41) is 3.82. The van der Waals surface area contributed by atoms with E-state index in [4.69, 9.17) is 31.4 Å². The van der Waals surface area contributed by atoms with Crippen molar-refractivity contribution in [3.05, 3.63) is 0 Å². The van der Waals surface area contributed by atoms with E-state index in [0.717, 1.165) is 52.0 Å². The maximum absolute atomic E-state index is 7.07. The first kappa shape index (κ1) is 48.4. The van der Waals surface area contributed by atoms with Crippen molar-refractivity contribution in [3.8, 4) is 0 Å². The number of nitrogens with two attached hydrogens (primary N) is 3. The van der Waals surface area contributed by atoms with Crippen LogP contribution in [0, 0.1) is 46.3 Å². The molecule has 4 aliphatic carbocycles. The van der Waals surface area contributed by atoms with Crippen molar-refractivity contribution in [3.63, 3.8) is 0 Å². The van der Waals surface area contributed by atoms with Gasteiger partial charge in [0, 0.05) is 25.2 Å². The summed E-state index contributed by atoms with van der Waals surface area (Å²) in [6.45, 7) is 17.0. The smallest absolute Gasteiger partial charge is 0.0637 e. The van der Waals surface area contributed by atoms with Crippen LogP contribution in [0.15, 0.2) is 0 Å². The van der Waals surface area contributed by atoms with E-state index in [2.05, 4.69) is 33.0 Å². The summed E-state index contributed by atoms with van der Waals surface area (Å²) in [4.78, 5) is 0. The molecule has 0 amide bonds. The molecule has 0 aromatic heterocycles. The molecule has 1 unspecified atom stereocenters. The summed E-state index contributed by atoms with van der Waals surface area (Å²) < 4.78 is 20.5. The highest BCUT2D eigenvalue weighted by Gasteiger charge is 2.66. The predicted octanol–water partition coefficient (Wildman–Crippen LogP) is 10.6. The number of ether oxygens (including phenoxy) is 3. The first-order valence-corrected chi connectivity index (χ1v) is 25.0. The van der Waals surface area contributed by atoms with Gasteiger partial charge in [0.15, 0.2) is 0 Å². The number of nitrogens with one attached hydrogen (secondary N) is 1. The zero-order valence-electron chi connectivity index (χ0n) is 37.7. The summed E-state index contributed by atoms with van der Waals surface area (Å²) in [6, 6.07) is 0. The van der Waals surface area contributed by atoms with Gasteiger partial charge in [0.1, 0.15) is 0 Å². The van der Waals surface area contributed by atoms with Crippen molar-refractivity contribution in [2.24, 2.45) is 63.5 Å². The molecular weight excluding hydrogens is 693 g/mol. The van der Waals surface area contributed by atoms with Crippen LogP contribution in [0.5, 0.6) is 0 Å². The van der Waals surface area contributed by atoms with Crippen molar-refractivity contribution >= 4 is 0 Å². The first-order chi connectivity index (χ1) is 27.3. The van der Waals surface area contributed by atoms with Gasteiger partial charge >= 0.3 is 0 Å². The predicted molar refractivity (Wildman–Crippen MR) is 238 cm³/mol. The summed E-state index contributed by atoms with van der Waals surface area (Å²) in [5.41, 5.74) is 18.3. The van der Waals surface area contributed by atoms with Gasteiger partial charge in [-0.2, -0.15) is 0 Å². The number of fused-ring (bicyclic) bond motifs is 5. The Bertz CT molecular complexity index is 1000. The third kappa shape index (κ3) is 13.9.